The predicted molar refractivity (Wildman–Crippen MR) is 113 cm³/mol. The molecule has 0 saturated carbocycles. The maximum absolute atomic E-state index is 13.3. The Morgan fingerprint density at radius 3 is 2.45 bits per heavy atom. The van der Waals surface area contributed by atoms with Crippen molar-refractivity contribution in [1.82, 2.24) is 9.36 Å². The van der Waals surface area contributed by atoms with E-state index in [0.717, 1.165) is 15.4 Å². The lowest BCUT2D eigenvalue weighted by Gasteiger charge is -2.18. The molecule has 4 rings (SSSR count). The molecule has 1 atom stereocenters. The molecule has 1 aromatic heterocycles. The summed E-state index contributed by atoms with van der Waals surface area (Å²) in [5, 5.41) is 11.5. The van der Waals surface area contributed by atoms with Crippen molar-refractivity contribution < 1.29 is 14.5 Å². The Bertz CT molecular complexity index is 1420. The van der Waals surface area contributed by atoms with Gasteiger partial charge in [0, 0.05) is 6.07 Å². The van der Waals surface area contributed by atoms with E-state index in [4.69, 9.17) is 22.1 Å². The summed E-state index contributed by atoms with van der Waals surface area (Å²) in [6.07, 6.45) is 0. The zero-order valence-corrected chi connectivity index (χ0v) is 16.8. The largest absolute Gasteiger partial charge is 0.462 e. The predicted octanol–water partition coefficient (Wildman–Crippen LogP) is 2.02. The minimum absolute atomic E-state index is 0.0191. The number of benzene rings is 2. The van der Waals surface area contributed by atoms with E-state index in [2.05, 4.69) is 0 Å². The lowest BCUT2D eigenvalue weighted by molar-refractivity contribution is -0.384. The molecule has 0 radical (unpaired) electrons. The molecule has 0 bridgehead atoms. The van der Waals surface area contributed by atoms with E-state index in [1.54, 1.807) is 19.1 Å². The Hall–Kier alpha value is -3.92. The van der Waals surface area contributed by atoms with E-state index >= 15 is 0 Å². The second kappa shape index (κ2) is 7.40. The van der Waals surface area contributed by atoms with Gasteiger partial charge in [-0.05, 0) is 30.7 Å². The van der Waals surface area contributed by atoms with Crippen LogP contribution < -0.4 is 16.9 Å². The smallest absolute Gasteiger partial charge is 0.340 e. The summed E-state index contributed by atoms with van der Waals surface area (Å²) < 4.78 is 7.01. The molecule has 1 aliphatic heterocycles. The van der Waals surface area contributed by atoms with Gasteiger partial charge in [-0.2, -0.15) is 4.68 Å². The fraction of sp³-hybridized carbons (Fsp3) is 0.150. The normalized spacial score (nSPS) is 15.2. The minimum Gasteiger partial charge on any atom is -0.462 e. The van der Waals surface area contributed by atoms with Crippen molar-refractivity contribution >= 4 is 39.9 Å². The van der Waals surface area contributed by atoms with Crippen molar-refractivity contribution in [2.24, 2.45) is 5.73 Å². The van der Waals surface area contributed by atoms with E-state index in [9.17, 15) is 24.5 Å². The van der Waals surface area contributed by atoms with Crippen LogP contribution in [-0.2, 0) is 9.53 Å². The topological polar surface area (TPSA) is 139 Å². The number of nitro groups is 1. The van der Waals surface area contributed by atoms with Crippen LogP contribution in [-0.4, -0.2) is 26.9 Å². The molecule has 158 valence electrons. The number of rotatable bonds is 4. The van der Waals surface area contributed by atoms with Gasteiger partial charge in [-0.1, -0.05) is 29.8 Å². The number of halogens is 1. The average molecular weight is 443 g/mol. The van der Waals surface area contributed by atoms with Crippen LogP contribution in [0.2, 0.25) is 5.02 Å². The maximum atomic E-state index is 13.3. The summed E-state index contributed by atoms with van der Waals surface area (Å²) in [4.78, 5) is 49.9. The number of aromatic nitrogens is 2. The third-order valence-electron chi connectivity index (χ3n) is 5.00. The zero-order valence-electron chi connectivity index (χ0n) is 16.1. The van der Waals surface area contributed by atoms with Gasteiger partial charge in [0.05, 0.1) is 22.3 Å². The molecule has 31 heavy (non-hydrogen) atoms. The van der Waals surface area contributed by atoms with Crippen molar-refractivity contribution in [1.29, 1.82) is 0 Å². The van der Waals surface area contributed by atoms with Crippen LogP contribution in [0.25, 0.3) is 16.6 Å². The molecular weight excluding hydrogens is 428 g/mol. The first kappa shape index (κ1) is 20.4. The Kier molecular flexibility index (Phi) is 4.86. The quantitative estimate of drug-likeness (QED) is 0.370. The van der Waals surface area contributed by atoms with Crippen molar-refractivity contribution in [2.75, 3.05) is 6.61 Å². The summed E-state index contributed by atoms with van der Waals surface area (Å²) >= 11 is 5.92. The number of carbonyl (C=O) groups is 1. The number of hydrogen-bond donors (Lipinski definition) is 1. The number of nitro benzene ring substituents is 1. The van der Waals surface area contributed by atoms with Crippen molar-refractivity contribution in [3.63, 3.8) is 0 Å². The molecule has 0 amide bonds. The third-order valence-corrected chi connectivity index (χ3v) is 5.32. The highest BCUT2D eigenvalue weighted by molar-refractivity contribution is 6.32. The maximum Gasteiger partial charge on any atom is 0.340 e. The number of nitrogens with zero attached hydrogens (tertiary/aromatic N) is 3. The van der Waals surface area contributed by atoms with Gasteiger partial charge < -0.3 is 10.5 Å². The van der Waals surface area contributed by atoms with Crippen LogP contribution in [0, 0.1) is 10.1 Å². The summed E-state index contributed by atoms with van der Waals surface area (Å²) in [5.41, 5.74) is 4.53. The van der Waals surface area contributed by atoms with Gasteiger partial charge in [0.1, 0.15) is 22.5 Å². The van der Waals surface area contributed by atoms with Gasteiger partial charge >= 0.3 is 5.97 Å². The van der Waals surface area contributed by atoms with Gasteiger partial charge in [0.2, 0.25) is 0 Å². The van der Waals surface area contributed by atoms with Gasteiger partial charge in [-0.25, -0.2) is 9.48 Å². The van der Waals surface area contributed by atoms with Crippen LogP contribution >= 0.6 is 11.6 Å². The lowest BCUT2D eigenvalue weighted by atomic mass is 9.99. The van der Waals surface area contributed by atoms with Gasteiger partial charge in [-0.3, -0.25) is 19.7 Å². The number of esters is 1. The Labute approximate surface area is 178 Å². The molecule has 0 fully saturated rings. The Morgan fingerprint density at radius 2 is 1.84 bits per heavy atom. The van der Waals surface area contributed by atoms with E-state index in [-0.39, 0.29) is 39.4 Å². The fourth-order valence-corrected chi connectivity index (χ4v) is 3.88. The zero-order chi connectivity index (χ0) is 22.4. The number of ether oxygens (including phenoxy) is 1. The molecular formula is C20H15ClN4O6. The molecule has 11 heteroatoms. The molecule has 0 saturated heterocycles. The summed E-state index contributed by atoms with van der Waals surface area (Å²) in [5.74, 6) is -1.13. The van der Waals surface area contributed by atoms with E-state index in [0.29, 0.717) is 0 Å². The Morgan fingerprint density at radius 1 is 1.19 bits per heavy atom. The highest BCUT2D eigenvalue weighted by Gasteiger charge is 2.39. The van der Waals surface area contributed by atoms with Crippen LogP contribution in [0.3, 0.4) is 0 Å². The Balaban J connectivity index is 2.11. The van der Waals surface area contributed by atoms with Gasteiger partial charge in [0.15, 0.2) is 0 Å². The van der Waals surface area contributed by atoms with E-state index in [1.807, 2.05) is 0 Å². The molecule has 2 heterocycles. The molecule has 1 aliphatic rings. The molecule has 2 N–H and O–H groups in total. The van der Waals surface area contributed by atoms with Crippen LogP contribution in [0.1, 0.15) is 18.5 Å². The molecule has 3 aromatic rings. The fourth-order valence-electron chi connectivity index (χ4n) is 3.69. The molecule has 0 aliphatic carbocycles. The highest BCUT2D eigenvalue weighted by atomic mass is 35.5. The van der Waals surface area contributed by atoms with Crippen LogP contribution in [0.4, 0.5) is 5.69 Å². The lowest BCUT2D eigenvalue weighted by Crippen LogP contribution is -2.38. The highest BCUT2D eigenvalue weighted by Crippen LogP contribution is 2.37. The van der Waals surface area contributed by atoms with Gasteiger partial charge in [0.25, 0.3) is 16.8 Å². The molecule has 10 nitrogen and oxygen atoms in total. The summed E-state index contributed by atoms with van der Waals surface area (Å²) in [6.45, 7) is 1.61. The third kappa shape index (κ3) is 2.99. The first-order chi connectivity index (χ1) is 14.8. The van der Waals surface area contributed by atoms with E-state index < -0.39 is 33.7 Å². The molecule has 0 spiro atoms. The minimum atomic E-state index is -1.22. The first-order valence-electron chi connectivity index (χ1n) is 9.15. The van der Waals surface area contributed by atoms with Crippen LogP contribution in [0.5, 0.6) is 0 Å². The number of fused-ring (bicyclic) bond motifs is 2. The standard InChI is InChI=1S/C20H15ClN4O6/c1-2-31-20(28)15-16(10-7-8-13(21)14(9-10)25(29)30)23-18(26)11-5-3-4-6-12(11)19(27)24(23)17(15)22/h3-9,16H,2,22H2,1H3/t16-/m0/s1. The summed E-state index contributed by atoms with van der Waals surface area (Å²) in [7, 11) is 0. The van der Waals surface area contributed by atoms with E-state index in [1.165, 1.54) is 24.3 Å². The second-order valence-electron chi connectivity index (χ2n) is 6.70. The number of hydrogen-bond acceptors (Lipinski definition) is 7. The number of nitrogens with two attached hydrogens (primary N) is 1. The van der Waals surface area contributed by atoms with Crippen molar-refractivity contribution in [2.45, 2.75) is 13.0 Å². The van der Waals surface area contributed by atoms with Crippen molar-refractivity contribution in [3.05, 3.63) is 89.4 Å². The first-order valence-corrected chi connectivity index (χ1v) is 9.53. The SMILES string of the molecule is CCOC(=O)C1=C(N)n2c(=O)c3ccccc3c(=O)n2[C@H]1c1ccc(Cl)c([N+](=O)[O-])c1. The van der Waals surface area contributed by atoms with Gasteiger partial charge in [-0.15, -0.1) is 0 Å². The summed E-state index contributed by atoms with van der Waals surface area (Å²) in [6, 6.07) is 8.77. The monoisotopic (exact) mass is 442 g/mol. The number of carbonyl (C=O) groups excluding carboxylic acids is 1. The molecule has 0 unspecified atom stereocenters. The molecule has 2 aromatic carbocycles. The average Bonchev–Trinajstić information content (AvgIpc) is 3.06. The van der Waals surface area contributed by atoms with Crippen LogP contribution in [0.15, 0.2) is 57.6 Å². The van der Waals surface area contributed by atoms with Crippen molar-refractivity contribution in [3.8, 4) is 0 Å². The second-order valence-corrected chi connectivity index (χ2v) is 7.11.